The zero-order valence-electron chi connectivity index (χ0n) is 14.6. The SMILES string of the molecule is O=C(c1ccc(=O)[nH]n1)N1CCN(c2nnc(C3CCCCC3)s2)CC1. The van der Waals surface area contributed by atoms with Crippen LogP contribution in [0.2, 0.25) is 0 Å². The molecule has 2 aliphatic rings. The highest BCUT2D eigenvalue weighted by molar-refractivity contribution is 7.15. The van der Waals surface area contributed by atoms with E-state index in [4.69, 9.17) is 0 Å². The highest BCUT2D eigenvalue weighted by atomic mass is 32.1. The van der Waals surface area contributed by atoms with Crippen molar-refractivity contribution < 1.29 is 4.79 Å². The molecule has 0 atom stereocenters. The van der Waals surface area contributed by atoms with Gasteiger partial charge in [0.15, 0.2) is 0 Å². The second-order valence-corrected chi connectivity index (χ2v) is 7.83. The lowest BCUT2D eigenvalue weighted by Gasteiger charge is -2.34. The first-order chi connectivity index (χ1) is 12.7. The summed E-state index contributed by atoms with van der Waals surface area (Å²) in [6, 6.07) is 2.79. The molecule has 1 aliphatic heterocycles. The molecule has 2 fully saturated rings. The van der Waals surface area contributed by atoms with Crippen LogP contribution in [0.3, 0.4) is 0 Å². The number of piperazine rings is 1. The van der Waals surface area contributed by atoms with E-state index in [0.29, 0.717) is 19.0 Å². The average molecular weight is 374 g/mol. The number of hydrogen-bond donors (Lipinski definition) is 1. The molecule has 4 rings (SSSR count). The highest BCUT2D eigenvalue weighted by Crippen LogP contribution is 2.36. The Morgan fingerprint density at radius 3 is 2.54 bits per heavy atom. The van der Waals surface area contributed by atoms with Crippen LogP contribution in [0.15, 0.2) is 16.9 Å². The maximum Gasteiger partial charge on any atom is 0.274 e. The summed E-state index contributed by atoms with van der Waals surface area (Å²) >= 11 is 1.70. The van der Waals surface area contributed by atoms with Crippen molar-refractivity contribution in [2.75, 3.05) is 31.1 Å². The summed E-state index contributed by atoms with van der Waals surface area (Å²) < 4.78 is 0. The normalized spacial score (nSPS) is 18.9. The van der Waals surface area contributed by atoms with Crippen molar-refractivity contribution >= 4 is 22.4 Å². The number of anilines is 1. The summed E-state index contributed by atoms with van der Waals surface area (Å²) in [5, 5.41) is 17.1. The second kappa shape index (κ2) is 7.53. The molecule has 3 heterocycles. The van der Waals surface area contributed by atoms with Gasteiger partial charge in [-0.1, -0.05) is 30.6 Å². The predicted molar refractivity (Wildman–Crippen MR) is 98.7 cm³/mol. The van der Waals surface area contributed by atoms with E-state index >= 15 is 0 Å². The summed E-state index contributed by atoms with van der Waals surface area (Å²) in [5.41, 5.74) is -0.0371. The van der Waals surface area contributed by atoms with Gasteiger partial charge in [0.05, 0.1) is 0 Å². The lowest BCUT2D eigenvalue weighted by molar-refractivity contribution is 0.0739. The van der Waals surface area contributed by atoms with E-state index in [9.17, 15) is 9.59 Å². The fourth-order valence-corrected chi connectivity index (χ4v) is 4.66. The number of H-pyrrole nitrogens is 1. The number of aromatic amines is 1. The van der Waals surface area contributed by atoms with Gasteiger partial charge < -0.3 is 9.80 Å². The van der Waals surface area contributed by atoms with Crippen LogP contribution < -0.4 is 10.5 Å². The van der Waals surface area contributed by atoms with E-state index < -0.39 is 0 Å². The molecule has 138 valence electrons. The van der Waals surface area contributed by atoms with E-state index in [1.807, 2.05) is 0 Å². The van der Waals surface area contributed by atoms with Crippen LogP contribution >= 0.6 is 11.3 Å². The molecule has 1 saturated carbocycles. The molecule has 26 heavy (non-hydrogen) atoms. The lowest BCUT2D eigenvalue weighted by Crippen LogP contribution is -2.49. The van der Waals surface area contributed by atoms with Gasteiger partial charge in [-0.05, 0) is 18.9 Å². The maximum atomic E-state index is 12.5. The number of hydrogen-bond acceptors (Lipinski definition) is 7. The third-order valence-electron chi connectivity index (χ3n) is 5.12. The van der Waals surface area contributed by atoms with Crippen LogP contribution in [0.4, 0.5) is 5.13 Å². The molecule has 0 spiro atoms. The molecule has 9 heteroatoms. The first-order valence-electron chi connectivity index (χ1n) is 9.14. The van der Waals surface area contributed by atoms with Crippen molar-refractivity contribution in [3.8, 4) is 0 Å². The maximum absolute atomic E-state index is 12.5. The first-order valence-corrected chi connectivity index (χ1v) is 9.96. The topological polar surface area (TPSA) is 95.1 Å². The largest absolute Gasteiger partial charge is 0.343 e. The van der Waals surface area contributed by atoms with Gasteiger partial charge in [-0.3, -0.25) is 9.59 Å². The van der Waals surface area contributed by atoms with Gasteiger partial charge >= 0.3 is 0 Å². The highest BCUT2D eigenvalue weighted by Gasteiger charge is 2.26. The van der Waals surface area contributed by atoms with Gasteiger partial charge in [-0.2, -0.15) is 5.10 Å². The minimum absolute atomic E-state index is 0.152. The van der Waals surface area contributed by atoms with E-state index in [1.54, 1.807) is 16.2 Å². The zero-order valence-corrected chi connectivity index (χ0v) is 15.4. The monoisotopic (exact) mass is 374 g/mol. The Morgan fingerprint density at radius 1 is 1.08 bits per heavy atom. The predicted octanol–water partition coefficient (Wildman–Crippen LogP) is 1.63. The Morgan fingerprint density at radius 2 is 1.85 bits per heavy atom. The van der Waals surface area contributed by atoms with Crippen molar-refractivity contribution in [1.82, 2.24) is 25.3 Å². The summed E-state index contributed by atoms with van der Waals surface area (Å²) in [4.78, 5) is 27.5. The molecule has 2 aromatic heterocycles. The Hall–Kier alpha value is -2.29. The molecular weight excluding hydrogens is 352 g/mol. The Balaban J connectivity index is 1.36. The molecule has 8 nitrogen and oxygen atoms in total. The Kier molecular flexibility index (Phi) is 4.96. The number of carbonyl (C=O) groups is 1. The van der Waals surface area contributed by atoms with E-state index in [1.165, 1.54) is 44.2 Å². The van der Waals surface area contributed by atoms with Gasteiger partial charge in [-0.15, -0.1) is 10.2 Å². The van der Waals surface area contributed by atoms with Crippen molar-refractivity contribution in [1.29, 1.82) is 0 Å². The standard InChI is InChI=1S/C17H22N6O2S/c24-14-7-6-13(18-19-14)16(25)22-8-10-23(11-9-22)17-21-20-15(26-17)12-4-2-1-3-5-12/h6-7,12H,1-5,8-11H2,(H,19,24). The summed E-state index contributed by atoms with van der Waals surface area (Å²) in [6.45, 7) is 2.68. The summed E-state index contributed by atoms with van der Waals surface area (Å²) in [6.07, 6.45) is 6.37. The van der Waals surface area contributed by atoms with Gasteiger partial charge in [0.1, 0.15) is 10.7 Å². The molecule has 1 saturated heterocycles. The van der Waals surface area contributed by atoms with Crippen LogP contribution in [-0.4, -0.2) is 57.4 Å². The van der Waals surface area contributed by atoms with Gasteiger partial charge in [0.2, 0.25) is 5.13 Å². The van der Waals surface area contributed by atoms with Gasteiger partial charge in [0, 0.05) is 38.2 Å². The third-order valence-corrected chi connectivity index (χ3v) is 6.27. The molecule has 0 unspecified atom stereocenters. The van der Waals surface area contributed by atoms with Crippen molar-refractivity contribution in [2.24, 2.45) is 0 Å². The van der Waals surface area contributed by atoms with Crippen molar-refractivity contribution in [2.45, 2.75) is 38.0 Å². The van der Waals surface area contributed by atoms with E-state index in [0.717, 1.165) is 23.2 Å². The average Bonchev–Trinajstić information content (AvgIpc) is 3.19. The van der Waals surface area contributed by atoms with Gasteiger partial charge in [-0.25, -0.2) is 5.10 Å². The van der Waals surface area contributed by atoms with Crippen LogP contribution in [0, 0.1) is 0 Å². The number of carbonyl (C=O) groups excluding carboxylic acids is 1. The van der Waals surface area contributed by atoms with Crippen LogP contribution in [0.25, 0.3) is 0 Å². The van der Waals surface area contributed by atoms with Crippen LogP contribution in [0.5, 0.6) is 0 Å². The smallest absolute Gasteiger partial charge is 0.274 e. The van der Waals surface area contributed by atoms with Crippen molar-refractivity contribution in [3.63, 3.8) is 0 Å². The Labute approximate surface area is 155 Å². The van der Waals surface area contributed by atoms with Crippen LogP contribution in [0.1, 0.15) is 53.5 Å². The van der Waals surface area contributed by atoms with Crippen LogP contribution in [-0.2, 0) is 0 Å². The second-order valence-electron chi connectivity index (χ2n) is 6.84. The number of aromatic nitrogens is 4. The molecule has 0 bridgehead atoms. The molecule has 2 aromatic rings. The Bertz CT molecular complexity index is 800. The molecular formula is C17H22N6O2S. The summed E-state index contributed by atoms with van der Waals surface area (Å²) in [7, 11) is 0. The lowest BCUT2D eigenvalue weighted by atomic mass is 9.90. The van der Waals surface area contributed by atoms with E-state index in [-0.39, 0.29) is 17.2 Å². The summed E-state index contributed by atoms with van der Waals surface area (Å²) in [5.74, 6) is 0.422. The molecule has 1 amide bonds. The fourth-order valence-electron chi connectivity index (χ4n) is 3.60. The van der Waals surface area contributed by atoms with Gasteiger partial charge in [0.25, 0.3) is 11.5 Å². The van der Waals surface area contributed by atoms with Crippen molar-refractivity contribution in [3.05, 3.63) is 33.2 Å². The minimum Gasteiger partial charge on any atom is -0.343 e. The molecule has 0 aromatic carbocycles. The fraction of sp³-hybridized carbons (Fsp3) is 0.588. The zero-order chi connectivity index (χ0) is 17.9. The third kappa shape index (κ3) is 3.62. The number of amides is 1. The number of nitrogens with zero attached hydrogens (tertiary/aromatic N) is 5. The number of nitrogens with one attached hydrogen (secondary N) is 1. The minimum atomic E-state index is -0.309. The molecule has 0 radical (unpaired) electrons. The van der Waals surface area contributed by atoms with E-state index in [2.05, 4.69) is 25.3 Å². The molecule has 1 aliphatic carbocycles. The molecule has 1 N–H and O–H groups in total. The number of rotatable bonds is 3. The first kappa shape index (κ1) is 17.1. The quantitative estimate of drug-likeness (QED) is 0.877.